The number of benzene rings is 1. The van der Waals surface area contributed by atoms with Crippen LogP contribution >= 0.6 is 0 Å². The summed E-state index contributed by atoms with van der Waals surface area (Å²) in [5.41, 5.74) is 0.889. The van der Waals surface area contributed by atoms with E-state index < -0.39 is 0 Å². The second kappa shape index (κ2) is 5.20. The van der Waals surface area contributed by atoms with Crippen LogP contribution in [0.1, 0.15) is 12.5 Å². The maximum atomic E-state index is 5.22. The summed E-state index contributed by atoms with van der Waals surface area (Å²) < 4.78 is 6.84. The third-order valence-electron chi connectivity index (χ3n) is 2.27. The van der Waals surface area contributed by atoms with E-state index in [0.717, 1.165) is 11.3 Å². The van der Waals surface area contributed by atoms with Gasteiger partial charge in [0.25, 0.3) is 5.95 Å². The zero-order chi connectivity index (χ0) is 12.1. The van der Waals surface area contributed by atoms with E-state index in [1.54, 1.807) is 18.0 Å². The lowest BCUT2D eigenvalue weighted by molar-refractivity contribution is 0.414. The molecule has 0 unspecified atom stereocenters. The first kappa shape index (κ1) is 11.3. The minimum atomic E-state index is 0.485. The molecular formula is C11H13N5O. The van der Waals surface area contributed by atoms with E-state index >= 15 is 0 Å². The smallest absolute Gasteiger partial charge is 0.269 e. The van der Waals surface area contributed by atoms with Crippen molar-refractivity contribution in [3.63, 3.8) is 0 Å². The van der Waals surface area contributed by atoms with Gasteiger partial charge in [0, 0.05) is 18.3 Å². The molecule has 2 aromatic rings. The molecule has 0 atom stereocenters. The second-order valence-corrected chi connectivity index (χ2v) is 3.29. The van der Waals surface area contributed by atoms with Crippen molar-refractivity contribution in [2.75, 3.05) is 7.11 Å². The lowest BCUT2D eigenvalue weighted by atomic mass is 10.2. The zero-order valence-electron chi connectivity index (χ0n) is 9.74. The van der Waals surface area contributed by atoms with Gasteiger partial charge in [-0.2, -0.15) is 0 Å². The van der Waals surface area contributed by atoms with E-state index in [9.17, 15) is 0 Å². The fourth-order valence-corrected chi connectivity index (χ4v) is 1.40. The van der Waals surface area contributed by atoms with Gasteiger partial charge < -0.3 is 4.74 Å². The minimum absolute atomic E-state index is 0.485. The van der Waals surface area contributed by atoms with Crippen molar-refractivity contribution < 1.29 is 4.74 Å². The molecular weight excluding hydrogens is 218 g/mol. The number of methoxy groups -OCH3 is 1. The molecule has 2 rings (SSSR count). The molecule has 88 valence electrons. The van der Waals surface area contributed by atoms with E-state index in [-0.39, 0.29) is 0 Å². The highest BCUT2D eigenvalue weighted by Gasteiger charge is 2.02. The number of hydrogen-bond acceptors (Lipinski definition) is 5. The number of ether oxygens (including phenoxy) is 1. The quantitative estimate of drug-likeness (QED) is 0.747. The summed E-state index contributed by atoms with van der Waals surface area (Å²) in [5.74, 6) is 1.25. The summed E-state index contributed by atoms with van der Waals surface area (Å²) in [4.78, 5) is 4.24. The fraction of sp³-hybridized carbons (Fsp3) is 0.273. The van der Waals surface area contributed by atoms with Crippen molar-refractivity contribution in [3.05, 3.63) is 29.8 Å². The summed E-state index contributed by atoms with van der Waals surface area (Å²) in [5, 5.41) is 11.2. The minimum Gasteiger partial charge on any atom is -0.496 e. The first-order chi connectivity index (χ1) is 8.35. The lowest BCUT2D eigenvalue weighted by Gasteiger charge is -2.02. The molecule has 17 heavy (non-hydrogen) atoms. The van der Waals surface area contributed by atoms with Crippen LogP contribution in [0.3, 0.4) is 0 Å². The first-order valence-corrected chi connectivity index (χ1v) is 5.28. The first-order valence-electron chi connectivity index (χ1n) is 5.28. The van der Waals surface area contributed by atoms with Gasteiger partial charge in [-0.15, -0.1) is 0 Å². The van der Waals surface area contributed by atoms with Crippen LogP contribution in [-0.4, -0.2) is 33.5 Å². The molecule has 0 spiro atoms. The van der Waals surface area contributed by atoms with E-state index in [1.165, 1.54) is 0 Å². The van der Waals surface area contributed by atoms with Gasteiger partial charge in [0.15, 0.2) is 0 Å². The molecule has 0 aliphatic rings. The topological polar surface area (TPSA) is 65.2 Å². The molecule has 6 heteroatoms. The van der Waals surface area contributed by atoms with Crippen LogP contribution in [0.25, 0.3) is 0 Å². The van der Waals surface area contributed by atoms with Crippen molar-refractivity contribution in [1.29, 1.82) is 0 Å². The average Bonchev–Trinajstić information content (AvgIpc) is 2.84. The Kier molecular flexibility index (Phi) is 3.44. The highest BCUT2D eigenvalue weighted by Crippen LogP contribution is 2.15. The normalized spacial score (nSPS) is 10.9. The van der Waals surface area contributed by atoms with E-state index in [4.69, 9.17) is 4.74 Å². The number of para-hydroxylation sites is 1. The SMILES string of the molecule is CCn1nnnc1/N=C/c1ccccc1OC. The Hall–Kier alpha value is -2.24. The molecule has 0 radical (unpaired) electrons. The van der Waals surface area contributed by atoms with Crippen molar-refractivity contribution in [2.24, 2.45) is 4.99 Å². The number of aliphatic imine (C=N–C) groups is 1. The molecule has 0 saturated carbocycles. The van der Waals surface area contributed by atoms with Crippen molar-refractivity contribution in [1.82, 2.24) is 20.2 Å². The maximum Gasteiger partial charge on any atom is 0.269 e. The molecule has 0 aliphatic heterocycles. The van der Waals surface area contributed by atoms with Crippen molar-refractivity contribution in [3.8, 4) is 5.75 Å². The number of tetrazole rings is 1. The molecule has 1 heterocycles. The molecule has 1 aromatic carbocycles. The fourth-order valence-electron chi connectivity index (χ4n) is 1.40. The third kappa shape index (κ3) is 2.47. The van der Waals surface area contributed by atoms with Crippen LogP contribution in [0, 0.1) is 0 Å². The predicted molar refractivity (Wildman–Crippen MR) is 63.7 cm³/mol. The van der Waals surface area contributed by atoms with Crippen LogP contribution in [0.5, 0.6) is 5.75 Å². The molecule has 0 amide bonds. The second-order valence-electron chi connectivity index (χ2n) is 3.29. The Bertz CT molecular complexity index is 520. The van der Waals surface area contributed by atoms with Crippen LogP contribution in [0.15, 0.2) is 29.3 Å². The Labute approximate surface area is 98.9 Å². The summed E-state index contributed by atoms with van der Waals surface area (Å²) >= 11 is 0. The van der Waals surface area contributed by atoms with Gasteiger partial charge in [-0.1, -0.05) is 17.2 Å². The Morgan fingerprint density at radius 1 is 1.41 bits per heavy atom. The van der Waals surface area contributed by atoms with Crippen LogP contribution in [0.4, 0.5) is 5.95 Å². The predicted octanol–water partition coefficient (Wildman–Crippen LogP) is 1.45. The van der Waals surface area contributed by atoms with Gasteiger partial charge in [0.05, 0.1) is 7.11 Å². The maximum absolute atomic E-state index is 5.22. The molecule has 0 N–H and O–H groups in total. The molecule has 0 aliphatic carbocycles. The molecule has 1 aromatic heterocycles. The van der Waals surface area contributed by atoms with Gasteiger partial charge >= 0.3 is 0 Å². The number of hydrogen-bond donors (Lipinski definition) is 0. The van der Waals surface area contributed by atoms with E-state index in [0.29, 0.717) is 12.5 Å². The van der Waals surface area contributed by atoms with E-state index in [1.807, 2.05) is 31.2 Å². The Morgan fingerprint density at radius 3 is 3.00 bits per heavy atom. The zero-order valence-corrected chi connectivity index (χ0v) is 9.74. The van der Waals surface area contributed by atoms with Gasteiger partial charge in [0.1, 0.15) is 5.75 Å². The molecule has 0 fully saturated rings. The molecule has 0 bridgehead atoms. The average molecular weight is 231 g/mol. The monoisotopic (exact) mass is 231 g/mol. The highest BCUT2D eigenvalue weighted by molar-refractivity contribution is 5.84. The summed E-state index contributed by atoms with van der Waals surface area (Å²) in [6.45, 7) is 2.64. The number of aromatic nitrogens is 4. The summed E-state index contributed by atoms with van der Waals surface area (Å²) in [7, 11) is 1.63. The van der Waals surface area contributed by atoms with E-state index in [2.05, 4.69) is 20.5 Å². The van der Waals surface area contributed by atoms with Crippen LogP contribution in [0.2, 0.25) is 0 Å². The Morgan fingerprint density at radius 2 is 2.24 bits per heavy atom. The highest BCUT2D eigenvalue weighted by atomic mass is 16.5. The molecule has 6 nitrogen and oxygen atoms in total. The van der Waals surface area contributed by atoms with Crippen LogP contribution < -0.4 is 4.74 Å². The van der Waals surface area contributed by atoms with Crippen LogP contribution in [-0.2, 0) is 6.54 Å². The van der Waals surface area contributed by atoms with Gasteiger partial charge in [-0.3, -0.25) is 0 Å². The molecule has 0 saturated heterocycles. The number of nitrogens with zero attached hydrogens (tertiary/aromatic N) is 5. The number of rotatable bonds is 4. The number of aryl methyl sites for hydroxylation is 1. The summed E-state index contributed by atoms with van der Waals surface area (Å²) in [6.07, 6.45) is 1.69. The van der Waals surface area contributed by atoms with Gasteiger partial charge in [0.2, 0.25) is 0 Å². The van der Waals surface area contributed by atoms with Crippen molar-refractivity contribution >= 4 is 12.2 Å². The van der Waals surface area contributed by atoms with Gasteiger partial charge in [-0.05, 0) is 29.5 Å². The van der Waals surface area contributed by atoms with Crippen molar-refractivity contribution in [2.45, 2.75) is 13.5 Å². The Balaban J connectivity index is 2.26. The third-order valence-corrected chi connectivity index (χ3v) is 2.27. The lowest BCUT2D eigenvalue weighted by Crippen LogP contribution is -1.96. The largest absolute Gasteiger partial charge is 0.496 e. The standard InChI is InChI=1S/C11H13N5O/c1-3-16-11(13-14-15-16)12-8-9-6-4-5-7-10(9)17-2/h4-8H,3H2,1-2H3/b12-8+. The van der Waals surface area contributed by atoms with Gasteiger partial charge in [-0.25, -0.2) is 9.67 Å². The summed E-state index contributed by atoms with van der Waals surface area (Å²) in [6, 6.07) is 7.63.